The Morgan fingerprint density at radius 2 is 1.89 bits per heavy atom. The van der Waals surface area contributed by atoms with E-state index in [0.717, 1.165) is 6.42 Å². The van der Waals surface area contributed by atoms with E-state index in [0.29, 0.717) is 5.75 Å². The third-order valence-corrected chi connectivity index (χ3v) is 1.58. The molecule has 0 aromatic rings. The van der Waals surface area contributed by atoms with E-state index in [9.17, 15) is 4.21 Å². The molecular formula is C6H14O2S. The molecular weight excluding hydrogens is 136 g/mol. The second-order valence-electron chi connectivity index (χ2n) is 3.34. The molecule has 2 nitrogen and oxygen atoms in total. The molecule has 56 valence electrons. The highest BCUT2D eigenvalue weighted by atomic mass is 32.2. The van der Waals surface area contributed by atoms with Crippen LogP contribution in [0.5, 0.6) is 0 Å². The third-order valence-electron chi connectivity index (χ3n) is 1.03. The average molecular weight is 150 g/mol. The van der Waals surface area contributed by atoms with Gasteiger partial charge in [-0.15, -0.1) is 0 Å². The van der Waals surface area contributed by atoms with Gasteiger partial charge in [0.1, 0.15) is 0 Å². The molecule has 0 heterocycles. The first-order chi connectivity index (χ1) is 3.92. The molecule has 0 aliphatic heterocycles. The summed E-state index contributed by atoms with van der Waals surface area (Å²) in [6.07, 6.45) is 0.802. The van der Waals surface area contributed by atoms with Crippen LogP contribution in [0.1, 0.15) is 27.2 Å². The molecule has 0 aromatic heterocycles. The molecule has 0 bridgehead atoms. The van der Waals surface area contributed by atoms with Gasteiger partial charge in [0, 0.05) is 5.75 Å². The molecule has 9 heavy (non-hydrogen) atoms. The van der Waals surface area contributed by atoms with Gasteiger partial charge < -0.3 is 4.55 Å². The van der Waals surface area contributed by atoms with E-state index < -0.39 is 11.1 Å². The van der Waals surface area contributed by atoms with Gasteiger partial charge in [-0.05, 0) is 11.8 Å². The zero-order chi connectivity index (χ0) is 7.49. The van der Waals surface area contributed by atoms with E-state index >= 15 is 0 Å². The summed E-state index contributed by atoms with van der Waals surface area (Å²) in [6.45, 7) is 6.17. The highest BCUT2D eigenvalue weighted by Gasteiger charge is 2.10. The van der Waals surface area contributed by atoms with Gasteiger partial charge in [-0.3, -0.25) is 0 Å². The van der Waals surface area contributed by atoms with Crippen molar-refractivity contribution in [3.8, 4) is 0 Å². The van der Waals surface area contributed by atoms with Gasteiger partial charge in [0.2, 0.25) is 0 Å². The number of rotatable bonds is 2. The lowest BCUT2D eigenvalue weighted by atomic mass is 9.94. The van der Waals surface area contributed by atoms with Crippen LogP contribution < -0.4 is 0 Å². The standard InChI is InChI=1S/C6H14O2S/c1-6(2,3)4-5-9(7)8/h4-5H2,1-3H3,(H,7,8). The van der Waals surface area contributed by atoms with Gasteiger partial charge in [-0.1, -0.05) is 20.8 Å². The summed E-state index contributed by atoms with van der Waals surface area (Å²) < 4.78 is 18.5. The minimum Gasteiger partial charge on any atom is -0.306 e. The first-order valence-corrected chi connectivity index (χ1v) is 4.27. The average Bonchev–Trinajstić information content (AvgIpc) is 1.59. The maximum Gasteiger partial charge on any atom is 0.152 e. The van der Waals surface area contributed by atoms with E-state index in [4.69, 9.17) is 4.55 Å². The summed E-state index contributed by atoms with van der Waals surface area (Å²) in [5.74, 6) is 0.392. The molecule has 0 fully saturated rings. The Labute approximate surface area is 58.9 Å². The first-order valence-electron chi connectivity index (χ1n) is 2.99. The van der Waals surface area contributed by atoms with Crippen molar-refractivity contribution < 1.29 is 8.76 Å². The minimum absolute atomic E-state index is 0.179. The van der Waals surface area contributed by atoms with E-state index in [1.807, 2.05) is 0 Å². The lowest BCUT2D eigenvalue weighted by molar-refractivity contribution is 0.395. The second kappa shape index (κ2) is 3.32. The normalized spacial score (nSPS) is 15.6. The molecule has 0 saturated heterocycles. The smallest absolute Gasteiger partial charge is 0.152 e. The monoisotopic (exact) mass is 150 g/mol. The van der Waals surface area contributed by atoms with Gasteiger partial charge in [-0.25, -0.2) is 4.21 Å². The Kier molecular flexibility index (Phi) is 3.36. The van der Waals surface area contributed by atoms with Crippen molar-refractivity contribution in [2.45, 2.75) is 27.2 Å². The maximum atomic E-state index is 10.2. The molecule has 0 amide bonds. The largest absolute Gasteiger partial charge is 0.306 e. The van der Waals surface area contributed by atoms with Crippen molar-refractivity contribution in [1.29, 1.82) is 0 Å². The first kappa shape index (κ1) is 9.11. The van der Waals surface area contributed by atoms with Crippen molar-refractivity contribution in [2.24, 2.45) is 5.41 Å². The van der Waals surface area contributed by atoms with E-state index in [1.165, 1.54) is 0 Å². The Hall–Kier alpha value is 0.110. The van der Waals surface area contributed by atoms with Gasteiger partial charge in [0.05, 0.1) is 0 Å². The maximum absolute atomic E-state index is 10.2. The SMILES string of the molecule is CC(C)(C)CCS(=O)O. The molecule has 0 aliphatic rings. The van der Waals surface area contributed by atoms with Gasteiger partial charge in [0.15, 0.2) is 11.1 Å². The predicted molar refractivity (Wildman–Crippen MR) is 39.7 cm³/mol. The van der Waals surface area contributed by atoms with Crippen molar-refractivity contribution in [2.75, 3.05) is 5.75 Å². The van der Waals surface area contributed by atoms with Crippen molar-refractivity contribution >= 4 is 11.1 Å². The van der Waals surface area contributed by atoms with E-state index in [1.54, 1.807) is 0 Å². The number of hydrogen-bond donors (Lipinski definition) is 1. The molecule has 0 aliphatic carbocycles. The predicted octanol–water partition coefficient (Wildman–Crippen LogP) is 1.64. The summed E-state index contributed by atoms with van der Waals surface area (Å²) in [7, 11) is 0. The molecule has 1 unspecified atom stereocenters. The fourth-order valence-electron chi connectivity index (χ4n) is 0.393. The van der Waals surface area contributed by atoms with Crippen LogP contribution in [0.25, 0.3) is 0 Å². The zero-order valence-corrected chi connectivity index (χ0v) is 6.99. The fraction of sp³-hybridized carbons (Fsp3) is 1.00. The summed E-state index contributed by atoms with van der Waals surface area (Å²) in [5.41, 5.74) is 0.179. The van der Waals surface area contributed by atoms with Crippen molar-refractivity contribution in [3.63, 3.8) is 0 Å². The summed E-state index contributed by atoms with van der Waals surface area (Å²) in [4.78, 5) is 0. The third kappa shape index (κ3) is 8.11. The van der Waals surface area contributed by atoms with Crippen LogP contribution in [0, 0.1) is 5.41 Å². The minimum atomic E-state index is -1.61. The molecule has 0 saturated carbocycles. The Balaban J connectivity index is 3.39. The van der Waals surface area contributed by atoms with Crippen molar-refractivity contribution in [1.82, 2.24) is 0 Å². The van der Waals surface area contributed by atoms with E-state index in [-0.39, 0.29) is 5.41 Å². The lowest BCUT2D eigenvalue weighted by Gasteiger charge is -2.15. The van der Waals surface area contributed by atoms with Crippen LogP contribution in [0.3, 0.4) is 0 Å². The molecule has 0 aromatic carbocycles. The molecule has 3 heteroatoms. The van der Waals surface area contributed by atoms with Gasteiger partial charge in [0.25, 0.3) is 0 Å². The summed E-state index contributed by atoms with van der Waals surface area (Å²) >= 11 is -1.61. The zero-order valence-electron chi connectivity index (χ0n) is 6.18. The lowest BCUT2D eigenvalue weighted by Crippen LogP contribution is -2.09. The van der Waals surface area contributed by atoms with Crippen LogP contribution in [-0.2, 0) is 11.1 Å². The Bertz CT molecular complexity index is 104. The van der Waals surface area contributed by atoms with Crippen LogP contribution in [0.15, 0.2) is 0 Å². The van der Waals surface area contributed by atoms with Crippen LogP contribution in [0.4, 0.5) is 0 Å². The molecule has 1 N–H and O–H groups in total. The van der Waals surface area contributed by atoms with Crippen LogP contribution in [0.2, 0.25) is 0 Å². The van der Waals surface area contributed by atoms with Crippen molar-refractivity contribution in [3.05, 3.63) is 0 Å². The molecule has 0 rings (SSSR count). The van der Waals surface area contributed by atoms with E-state index in [2.05, 4.69) is 20.8 Å². The van der Waals surface area contributed by atoms with Crippen LogP contribution >= 0.6 is 0 Å². The highest BCUT2D eigenvalue weighted by Crippen LogP contribution is 2.17. The quantitative estimate of drug-likeness (QED) is 0.608. The van der Waals surface area contributed by atoms with Gasteiger partial charge in [-0.2, -0.15) is 0 Å². The molecule has 1 atom stereocenters. The highest BCUT2D eigenvalue weighted by molar-refractivity contribution is 7.79. The molecule has 0 radical (unpaired) electrons. The summed E-state index contributed by atoms with van der Waals surface area (Å²) in [5, 5.41) is 0. The second-order valence-corrected chi connectivity index (χ2v) is 4.39. The fourth-order valence-corrected chi connectivity index (χ4v) is 1.18. The van der Waals surface area contributed by atoms with Crippen LogP contribution in [-0.4, -0.2) is 14.5 Å². The number of hydrogen-bond acceptors (Lipinski definition) is 1. The topological polar surface area (TPSA) is 37.3 Å². The Morgan fingerprint density at radius 1 is 1.44 bits per heavy atom. The molecule has 0 spiro atoms. The summed E-state index contributed by atoms with van der Waals surface area (Å²) in [6, 6.07) is 0. The Morgan fingerprint density at radius 3 is 2.00 bits per heavy atom. The van der Waals surface area contributed by atoms with Gasteiger partial charge >= 0.3 is 0 Å².